The molecule has 4 rings (SSSR count). The molecule has 0 aliphatic carbocycles. The standard InChI is InChI=1S/C25H22N4O7/c1-35-21-7-6-16(13-22(21)36-2)9-11-28-24(31)20(23(30)26-25(28)32)12-17-8-10-27(15-17)18-4-3-5-19(14-18)29(33)34/h3-8,10,12-15H,9,11H2,1-2H3,(H,26,30,32)/b20-12-. The lowest BCUT2D eigenvalue weighted by atomic mass is 10.1. The van der Waals surface area contributed by atoms with E-state index in [1.54, 1.807) is 53.4 Å². The van der Waals surface area contributed by atoms with Crippen LogP contribution in [-0.4, -0.2) is 53.0 Å². The first-order valence-electron chi connectivity index (χ1n) is 10.8. The average Bonchev–Trinajstić information content (AvgIpc) is 3.35. The summed E-state index contributed by atoms with van der Waals surface area (Å²) in [6.07, 6.45) is 4.99. The zero-order valence-electron chi connectivity index (χ0n) is 19.5. The number of ether oxygens (including phenoxy) is 2. The van der Waals surface area contributed by atoms with Gasteiger partial charge in [0.25, 0.3) is 17.5 Å². The first-order valence-corrected chi connectivity index (χ1v) is 10.8. The summed E-state index contributed by atoms with van der Waals surface area (Å²) in [5.41, 5.74) is 1.60. The molecule has 184 valence electrons. The van der Waals surface area contributed by atoms with Crippen LogP contribution in [0.1, 0.15) is 11.1 Å². The van der Waals surface area contributed by atoms with Crippen LogP contribution < -0.4 is 14.8 Å². The Bertz CT molecular complexity index is 1390. The highest BCUT2D eigenvalue weighted by atomic mass is 16.6. The Morgan fingerprint density at radius 1 is 1.03 bits per heavy atom. The topological polar surface area (TPSA) is 133 Å². The molecule has 0 saturated carbocycles. The van der Waals surface area contributed by atoms with Crippen LogP contribution in [0.3, 0.4) is 0 Å². The number of hydrogen-bond acceptors (Lipinski definition) is 7. The molecule has 4 amide bonds. The Kier molecular flexibility index (Phi) is 6.81. The van der Waals surface area contributed by atoms with E-state index in [1.165, 1.54) is 32.4 Å². The van der Waals surface area contributed by atoms with Gasteiger partial charge in [-0.1, -0.05) is 12.1 Å². The fourth-order valence-corrected chi connectivity index (χ4v) is 3.77. The molecule has 0 spiro atoms. The van der Waals surface area contributed by atoms with Gasteiger partial charge in [0.2, 0.25) is 0 Å². The predicted octanol–water partition coefficient (Wildman–Crippen LogP) is 3.11. The second-order valence-corrected chi connectivity index (χ2v) is 7.84. The van der Waals surface area contributed by atoms with Gasteiger partial charge in [0.05, 0.1) is 24.8 Å². The quantitative estimate of drug-likeness (QED) is 0.222. The molecule has 2 heterocycles. The van der Waals surface area contributed by atoms with Crippen molar-refractivity contribution in [3.05, 3.63) is 87.7 Å². The van der Waals surface area contributed by atoms with Gasteiger partial charge < -0.3 is 14.0 Å². The predicted molar refractivity (Wildman–Crippen MR) is 129 cm³/mol. The number of urea groups is 1. The van der Waals surface area contributed by atoms with E-state index >= 15 is 0 Å². The number of carbonyl (C=O) groups is 3. The summed E-state index contributed by atoms with van der Waals surface area (Å²) in [5.74, 6) is -0.433. The van der Waals surface area contributed by atoms with Crippen LogP contribution in [0.25, 0.3) is 11.8 Å². The Balaban J connectivity index is 1.53. The molecule has 0 unspecified atom stereocenters. The minimum atomic E-state index is -0.796. The van der Waals surface area contributed by atoms with Gasteiger partial charge in [0.15, 0.2) is 11.5 Å². The molecule has 1 aliphatic heterocycles. The molecule has 11 nitrogen and oxygen atoms in total. The van der Waals surface area contributed by atoms with Gasteiger partial charge in [-0.3, -0.25) is 29.9 Å². The van der Waals surface area contributed by atoms with Gasteiger partial charge in [0, 0.05) is 31.1 Å². The van der Waals surface area contributed by atoms with Crippen LogP contribution in [0.15, 0.2) is 66.5 Å². The second kappa shape index (κ2) is 10.1. The van der Waals surface area contributed by atoms with E-state index in [-0.39, 0.29) is 17.8 Å². The third-order valence-electron chi connectivity index (χ3n) is 5.62. The first-order chi connectivity index (χ1) is 17.3. The lowest BCUT2D eigenvalue weighted by Gasteiger charge is -2.26. The zero-order chi connectivity index (χ0) is 25.8. The maximum atomic E-state index is 13.0. The number of nitrogens with zero attached hydrogens (tertiary/aromatic N) is 3. The molecule has 11 heteroatoms. The van der Waals surface area contributed by atoms with Crippen molar-refractivity contribution in [2.75, 3.05) is 20.8 Å². The van der Waals surface area contributed by atoms with Crippen molar-refractivity contribution in [2.45, 2.75) is 6.42 Å². The van der Waals surface area contributed by atoms with Crippen LogP contribution in [0.5, 0.6) is 11.5 Å². The fraction of sp³-hybridized carbons (Fsp3) is 0.160. The van der Waals surface area contributed by atoms with Crippen molar-refractivity contribution in [1.82, 2.24) is 14.8 Å². The van der Waals surface area contributed by atoms with E-state index in [0.29, 0.717) is 29.2 Å². The number of aromatic nitrogens is 1. The van der Waals surface area contributed by atoms with Gasteiger partial charge in [-0.15, -0.1) is 0 Å². The highest BCUT2D eigenvalue weighted by molar-refractivity contribution is 6.31. The molecule has 1 N–H and O–H groups in total. The van der Waals surface area contributed by atoms with Crippen molar-refractivity contribution in [2.24, 2.45) is 0 Å². The Labute approximate surface area is 205 Å². The van der Waals surface area contributed by atoms with E-state index < -0.39 is 22.8 Å². The molecule has 3 aromatic rings. The number of nitrogens with one attached hydrogen (secondary N) is 1. The van der Waals surface area contributed by atoms with Crippen LogP contribution in [0, 0.1) is 10.1 Å². The van der Waals surface area contributed by atoms with Crippen LogP contribution in [0.4, 0.5) is 10.5 Å². The monoisotopic (exact) mass is 490 g/mol. The van der Waals surface area contributed by atoms with Gasteiger partial charge >= 0.3 is 6.03 Å². The summed E-state index contributed by atoms with van der Waals surface area (Å²) in [4.78, 5) is 49.4. The SMILES string of the molecule is COc1ccc(CCN2C(=O)NC(=O)/C(=C/c3ccn(-c4cccc([N+](=O)[O-])c4)c3)C2=O)cc1OC. The average molecular weight is 490 g/mol. The van der Waals surface area contributed by atoms with Gasteiger partial charge in [-0.2, -0.15) is 0 Å². The number of hydrogen-bond donors (Lipinski definition) is 1. The fourth-order valence-electron chi connectivity index (χ4n) is 3.77. The molecule has 36 heavy (non-hydrogen) atoms. The zero-order valence-corrected chi connectivity index (χ0v) is 19.5. The Hall–Kier alpha value is -4.93. The highest BCUT2D eigenvalue weighted by Crippen LogP contribution is 2.28. The second-order valence-electron chi connectivity index (χ2n) is 7.84. The van der Waals surface area contributed by atoms with Crippen molar-refractivity contribution < 1.29 is 28.8 Å². The van der Waals surface area contributed by atoms with Crippen molar-refractivity contribution in [3.63, 3.8) is 0 Å². The van der Waals surface area contributed by atoms with Crippen LogP contribution in [-0.2, 0) is 16.0 Å². The Morgan fingerprint density at radius 3 is 2.53 bits per heavy atom. The molecule has 1 aliphatic rings. The number of non-ortho nitro benzene ring substituents is 1. The molecule has 1 fully saturated rings. The largest absolute Gasteiger partial charge is 0.493 e. The van der Waals surface area contributed by atoms with E-state index in [1.807, 2.05) is 0 Å². The molecular weight excluding hydrogens is 468 g/mol. The number of amides is 4. The van der Waals surface area contributed by atoms with Crippen molar-refractivity contribution in [1.29, 1.82) is 0 Å². The number of methoxy groups -OCH3 is 2. The van der Waals surface area contributed by atoms with Gasteiger partial charge in [0.1, 0.15) is 5.57 Å². The number of nitro benzene ring substituents is 1. The minimum Gasteiger partial charge on any atom is -0.493 e. The summed E-state index contributed by atoms with van der Waals surface area (Å²) in [5, 5.41) is 13.2. The third-order valence-corrected chi connectivity index (χ3v) is 5.62. The minimum absolute atomic E-state index is 0.0411. The van der Waals surface area contributed by atoms with E-state index in [2.05, 4.69) is 5.32 Å². The number of barbiturate groups is 1. The molecule has 0 atom stereocenters. The molecule has 1 aromatic heterocycles. The summed E-state index contributed by atoms with van der Waals surface area (Å²) in [6.45, 7) is 0.0411. The van der Waals surface area contributed by atoms with Crippen LogP contribution >= 0.6 is 0 Å². The maximum absolute atomic E-state index is 13.0. The number of rotatable bonds is 8. The van der Waals surface area contributed by atoms with E-state index in [4.69, 9.17) is 9.47 Å². The maximum Gasteiger partial charge on any atom is 0.331 e. The molecule has 0 bridgehead atoms. The summed E-state index contributed by atoms with van der Waals surface area (Å²) in [7, 11) is 3.04. The summed E-state index contributed by atoms with van der Waals surface area (Å²) < 4.78 is 12.1. The Morgan fingerprint density at radius 2 is 1.81 bits per heavy atom. The number of imide groups is 2. The molecule has 0 radical (unpaired) electrons. The number of benzene rings is 2. The lowest BCUT2D eigenvalue weighted by molar-refractivity contribution is -0.384. The highest BCUT2D eigenvalue weighted by Gasteiger charge is 2.35. The van der Waals surface area contributed by atoms with Crippen molar-refractivity contribution >= 4 is 29.6 Å². The first kappa shape index (κ1) is 24.2. The van der Waals surface area contributed by atoms with Crippen LogP contribution in [0.2, 0.25) is 0 Å². The lowest BCUT2D eigenvalue weighted by Crippen LogP contribution is -2.54. The summed E-state index contributed by atoms with van der Waals surface area (Å²) in [6, 6.07) is 12.2. The van der Waals surface area contributed by atoms with E-state index in [9.17, 15) is 24.5 Å². The van der Waals surface area contributed by atoms with Gasteiger partial charge in [-0.25, -0.2) is 4.79 Å². The van der Waals surface area contributed by atoms with E-state index in [0.717, 1.165) is 10.5 Å². The molecule has 1 saturated heterocycles. The molecule has 2 aromatic carbocycles. The molecular formula is C25H22N4O7. The normalized spacial score (nSPS) is 14.7. The van der Waals surface area contributed by atoms with Crippen molar-refractivity contribution in [3.8, 4) is 17.2 Å². The van der Waals surface area contributed by atoms with Gasteiger partial charge in [-0.05, 0) is 47.9 Å². The summed E-state index contributed by atoms with van der Waals surface area (Å²) >= 11 is 0. The third kappa shape index (κ3) is 4.94. The number of carbonyl (C=O) groups excluding carboxylic acids is 3. The number of nitro groups is 1. The smallest absolute Gasteiger partial charge is 0.331 e.